The third-order valence-corrected chi connectivity index (χ3v) is 2.18. The standard InChI is InChI=1S/C9H6N4O/c14-9-5-1-7-8(12-3-11-7)2-6(5)10-4-13-9/h1-4H,(H,11,12)(H,10,13,14). The van der Waals surface area contributed by atoms with E-state index in [1.165, 1.54) is 6.33 Å². The molecule has 0 unspecified atom stereocenters. The van der Waals surface area contributed by atoms with Crippen molar-refractivity contribution in [1.82, 2.24) is 19.9 Å². The molecule has 0 amide bonds. The van der Waals surface area contributed by atoms with Crippen molar-refractivity contribution in [3.8, 4) is 0 Å². The van der Waals surface area contributed by atoms with Gasteiger partial charge in [-0.1, -0.05) is 0 Å². The molecule has 0 saturated carbocycles. The lowest BCUT2D eigenvalue weighted by molar-refractivity contribution is 1.17. The molecule has 0 fully saturated rings. The molecular weight excluding hydrogens is 180 g/mol. The van der Waals surface area contributed by atoms with Gasteiger partial charge in [0, 0.05) is 0 Å². The minimum atomic E-state index is -0.133. The molecule has 1 aromatic carbocycles. The Morgan fingerprint density at radius 3 is 2.71 bits per heavy atom. The number of H-pyrrole nitrogens is 2. The molecule has 5 heteroatoms. The van der Waals surface area contributed by atoms with Gasteiger partial charge in [0.05, 0.1) is 34.6 Å². The van der Waals surface area contributed by atoms with E-state index in [2.05, 4.69) is 19.9 Å². The first-order valence-electron chi connectivity index (χ1n) is 4.15. The van der Waals surface area contributed by atoms with Gasteiger partial charge in [0.15, 0.2) is 0 Å². The molecular formula is C9H6N4O. The van der Waals surface area contributed by atoms with Crippen LogP contribution in [0.3, 0.4) is 0 Å². The molecule has 3 aromatic rings. The molecule has 0 radical (unpaired) electrons. The van der Waals surface area contributed by atoms with Gasteiger partial charge in [-0.15, -0.1) is 0 Å². The van der Waals surface area contributed by atoms with E-state index in [4.69, 9.17) is 0 Å². The van der Waals surface area contributed by atoms with Gasteiger partial charge in [0.25, 0.3) is 5.56 Å². The van der Waals surface area contributed by atoms with Gasteiger partial charge in [-0.05, 0) is 12.1 Å². The number of nitrogens with one attached hydrogen (secondary N) is 2. The van der Waals surface area contributed by atoms with Crippen LogP contribution >= 0.6 is 0 Å². The van der Waals surface area contributed by atoms with Gasteiger partial charge in [-0.3, -0.25) is 4.79 Å². The third-order valence-electron chi connectivity index (χ3n) is 2.18. The summed E-state index contributed by atoms with van der Waals surface area (Å²) in [5, 5.41) is 0.573. The summed E-state index contributed by atoms with van der Waals surface area (Å²) in [7, 11) is 0. The molecule has 5 nitrogen and oxygen atoms in total. The van der Waals surface area contributed by atoms with Crippen molar-refractivity contribution < 1.29 is 0 Å². The lowest BCUT2D eigenvalue weighted by Gasteiger charge is -1.94. The maximum atomic E-state index is 11.4. The van der Waals surface area contributed by atoms with Crippen molar-refractivity contribution >= 4 is 21.9 Å². The first kappa shape index (κ1) is 7.25. The molecule has 0 aliphatic heterocycles. The molecule has 2 N–H and O–H groups in total. The lowest BCUT2D eigenvalue weighted by Crippen LogP contribution is -2.05. The van der Waals surface area contributed by atoms with Crippen molar-refractivity contribution in [2.45, 2.75) is 0 Å². The monoisotopic (exact) mass is 186 g/mol. The molecule has 3 rings (SSSR count). The van der Waals surface area contributed by atoms with Crippen LogP contribution in [0.15, 0.2) is 29.6 Å². The van der Waals surface area contributed by atoms with Crippen LogP contribution in [0.1, 0.15) is 0 Å². The second-order valence-electron chi connectivity index (χ2n) is 3.02. The fourth-order valence-corrected chi connectivity index (χ4v) is 1.50. The van der Waals surface area contributed by atoms with Gasteiger partial charge in [0.1, 0.15) is 0 Å². The summed E-state index contributed by atoms with van der Waals surface area (Å²) in [5.41, 5.74) is 2.19. The highest BCUT2D eigenvalue weighted by molar-refractivity contribution is 5.92. The number of imidazole rings is 1. The summed E-state index contributed by atoms with van der Waals surface area (Å²) >= 11 is 0. The van der Waals surface area contributed by atoms with Crippen LogP contribution in [0.2, 0.25) is 0 Å². The zero-order valence-corrected chi connectivity index (χ0v) is 7.11. The highest BCUT2D eigenvalue weighted by Crippen LogP contribution is 2.14. The molecule has 0 saturated heterocycles. The minimum Gasteiger partial charge on any atom is -0.345 e. The fraction of sp³-hybridized carbons (Fsp3) is 0. The zero-order valence-electron chi connectivity index (χ0n) is 7.11. The number of hydrogen-bond acceptors (Lipinski definition) is 3. The number of benzene rings is 1. The number of nitrogens with zero attached hydrogens (tertiary/aromatic N) is 2. The predicted octanol–water partition coefficient (Wildman–Crippen LogP) is 0.799. The van der Waals surface area contributed by atoms with Crippen LogP contribution in [0, 0.1) is 0 Å². The van der Waals surface area contributed by atoms with Crippen LogP contribution in [0.4, 0.5) is 0 Å². The Labute approximate surface area is 77.8 Å². The minimum absolute atomic E-state index is 0.133. The lowest BCUT2D eigenvalue weighted by atomic mass is 10.2. The van der Waals surface area contributed by atoms with E-state index >= 15 is 0 Å². The van der Waals surface area contributed by atoms with Gasteiger partial charge >= 0.3 is 0 Å². The van der Waals surface area contributed by atoms with Crippen LogP contribution in [0.25, 0.3) is 21.9 Å². The molecule has 2 aromatic heterocycles. The van der Waals surface area contributed by atoms with Crippen LogP contribution in [0.5, 0.6) is 0 Å². The summed E-state index contributed by atoms with van der Waals surface area (Å²) in [6.45, 7) is 0. The van der Waals surface area contributed by atoms with Gasteiger partial charge in [-0.2, -0.15) is 0 Å². The summed E-state index contributed by atoms with van der Waals surface area (Å²) in [5.74, 6) is 0. The number of aromatic nitrogens is 4. The molecule has 14 heavy (non-hydrogen) atoms. The van der Waals surface area contributed by atoms with Crippen LogP contribution < -0.4 is 5.56 Å². The average Bonchev–Trinajstić information content (AvgIpc) is 2.62. The molecule has 0 aliphatic carbocycles. The van der Waals surface area contributed by atoms with E-state index in [1.54, 1.807) is 18.5 Å². The Hall–Kier alpha value is -2.17. The van der Waals surface area contributed by atoms with Crippen LogP contribution in [-0.2, 0) is 0 Å². The molecule has 0 spiro atoms. The molecule has 0 aliphatic rings. The molecule has 2 heterocycles. The van der Waals surface area contributed by atoms with Crippen molar-refractivity contribution in [2.24, 2.45) is 0 Å². The predicted molar refractivity (Wildman–Crippen MR) is 52.0 cm³/mol. The Bertz CT molecular complexity index is 667. The van der Waals surface area contributed by atoms with E-state index < -0.39 is 0 Å². The van der Waals surface area contributed by atoms with E-state index in [9.17, 15) is 4.79 Å². The summed E-state index contributed by atoms with van der Waals surface area (Å²) in [6, 6.07) is 3.54. The molecule has 0 bridgehead atoms. The van der Waals surface area contributed by atoms with E-state index in [-0.39, 0.29) is 5.56 Å². The Kier molecular flexibility index (Phi) is 1.25. The summed E-state index contributed by atoms with van der Waals surface area (Å²) in [4.78, 5) is 25.0. The van der Waals surface area contributed by atoms with Gasteiger partial charge < -0.3 is 9.97 Å². The smallest absolute Gasteiger partial charge is 0.258 e. The van der Waals surface area contributed by atoms with Crippen LogP contribution in [-0.4, -0.2) is 19.9 Å². The molecule has 0 atom stereocenters. The normalized spacial score (nSPS) is 11.1. The van der Waals surface area contributed by atoms with Gasteiger partial charge in [-0.25, -0.2) is 9.97 Å². The van der Waals surface area contributed by atoms with E-state index in [0.717, 1.165) is 11.0 Å². The van der Waals surface area contributed by atoms with Crippen molar-refractivity contribution in [3.05, 3.63) is 35.1 Å². The first-order valence-corrected chi connectivity index (χ1v) is 4.15. The number of fused-ring (bicyclic) bond motifs is 2. The van der Waals surface area contributed by atoms with Crippen molar-refractivity contribution in [1.29, 1.82) is 0 Å². The highest BCUT2D eigenvalue weighted by Gasteiger charge is 2.02. The summed E-state index contributed by atoms with van der Waals surface area (Å²) < 4.78 is 0. The topological polar surface area (TPSA) is 74.4 Å². The Morgan fingerprint density at radius 2 is 1.79 bits per heavy atom. The highest BCUT2D eigenvalue weighted by atomic mass is 16.1. The van der Waals surface area contributed by atoms with Crippen molar-refractivity contribution in [3.63, 3.8) is 0 Å². The number of aromatic amines is 2. The second-order valence-corrected chi connectivity index (χ2v) is 3.02. The average molecular weight is 186 g/mol. The molecule has 68 valence electrons. The zero-order chi connectivity index (χ0) is 9.54. The van der Waals surface area contributed by atoms with Crippen molar-refractivity contribution in [2.75, 3.05) is 0 Å². The quantitative estimate of drug-likeness (QED) is 0.545. The third kappa shape index (κ3) is 0.861. The maximum Gasteiger partial charge on any atom is 0.258 e. The fourth-order valence-electron chi connectivity index (χ4n) is 1.50. The van der Waals surface area contributed by atoms with Gasteiger partial charge in [0.2, 0.25) is 0 Å². The Morgan fingerprint density at radius 1 is 1.00 bits per heavy atom. The van der Waals surface area contributed by atoms with E-state index in [1.807, 2.05) is 0 Å². The summed E-state index contributed by atoms with van der Waals surface area (Å²) in [6.07, 6.45) is 2.99. The number of rotatable bonds is 0. The maximum absolute atomic E-state index is 11.4. The number of hydrogen-bond donors (Lipinski definition) is 2. The Balaban J connectivity index is 2.63. The second kappa shape index (κ2) is 2.41. The van der Waals surface area contributed by atoms with E-state index in [0.29, 0.717) is 10.9 Å². The SMILES string of the molecule is O=c1[nH]cnc2cc3nc[nH]c3cc12. The first-order chi connectivity index (χ1) is 6.84. The largest absolute Gasteiger partial charge is 0.345 e.